The molecule has 0 unspecified atom stereocenters. The lowest BCUT2D eigenvalue weighted by molar-refractivity contribution is -0.141. The molecule has 0 aromatic heterocycles. The number of halogens is 2. The van der Waals surface area contributed by atoms with Crippen molar-refractivity contribution in [2.45, 2.75) is 25.3 Å². The van der Waals surface area contributed by atoms with Gasteiger partial charge in [-0.2, -0.15) is 0 Å². The van der Waals surface area contributed by atoms with Crippen molar-refractivity contribution >= 4 is 22.8 Å². The summed E-state index contributed by atoms with van der Waals surface area (Å²) in [4.78, 5) is 15.2. The molecule has 0 fully saturated rings. The molecule has 1 aliphatic heterocycles. The number of aryl methyl sites for hydroxylation is 1. The third-order valence-corrected chi connectivity index (χ3v) is 4.24. The quantitative estimate of drug-likeness (QED) is 0.925. The van der Waals surface area contributed by atoms with E-state index in [0.717, 1.165) is 11.1 Å². The van der Waals surface area contributed by atoms with Crippen molar-refractivity contribution in [3.63, 3.8) is 0 Å². The van der Waals surface area contributed by atoms with Gasteiger partial charge < -0.3 is 5.11 Å². The van der Waals surface area contributed by atoms with Crippen molar-refractivity contribution < 1.29 is 18.7 Å². The average molecular weight is 285 g/mol. The largest absolute Gasteiger partial charge is 0.479 e. The van der Waals surface area contributed by atoms with Gasteiger partial charge in [0.25, 0.3) is 0 Å². The highest BCUT2D eigenvalue weighted by Crippen LogP contribution is 2.30. The molecule has 1 aromatic carbocycles. The number of benzene rings is 1. The summed E-state index contributed by atoms with van der Waals surface area (Å²) in [5.74, 6) is -1.76. The van der Waals surface area contributed by atoms with Crippen LogP contribution < -0.4 is 0 Å². The van der Waals surface area contributed by atoms with Gasteiger partial charge in [0.1, 0.15) is 11.6 Å². The van der Waals surface area contributed by atoms with Gasteiger partial charge in [-0.3, -0.25) is 4.99 Å². The Balaban J connectivity index is 2.02. The Morgan fingerprint density at radius 3 is 2.53 bits per heavy atom. The van der Waals surface area contributed by atoms with E-state index in [2.05, 4.69) is 4.99 Å². The minimum atomic E-state index is -1.08. The highest BCUT2D eigenvalue weighted by atomic mass is 32.2. The maximum absolute atomic E-state index is 13.0. The number of carboxylic acids is 1. The van der Waals surface area contributed by atoms with E-state index in [-0.39, 0.29) is 0 Å². The summed E-state index contributed by atoms with van der Waals surface area (Å²) in [6.45, 7) is 1.57. The first kappa shape index (κ1) is 14.0. The van der Waals surface area contributed by atoms with Crippen LogP contribution in [-0.2, 0) is 11.2 Å². The van der Waals surface area contributed by atoms with Crippen molar-refractivity contribution in [2.24, 2.45) is 4.99 Å². The summed E-state index contributed by atoms with van der Waals surface area (Å²) < 4.78 is 26.0. The Labute approximate surface area is 113 Å². The van der Waals surface area contributed by atoms with Crippen LogP contribution in [0.4, 0.5) is 8.78 Å². The first-order chi connectivity index (χ1) is 8.89. The number of carboxylic acid groups (broad SMARTS) is 1. The molecule has 0 aliphatic carbocycles. The molecule has 0 saturated carbocycles. The highest BCUT2D eigenvalue weighted by molar-refractivity contribution is 8.14. The van der Waals surface area contributed by atoms with Crippen molar-refractivity contribution in [1.82, 2.24) is 0 Å². The topological polar surface area (TPSA) is 49.7 Å². The normalized spacial score (nSPS) is 22.4. The first-order valence-electron chi connectivity index (χ1n) is 5.79. The molecule has 6 heteroatoms. The van der Waals surface area contributed by atoms with E-state index in [1.54, 1.807) is 6.92 Å². The van der Waals surface area contributed by atoms with Crippen LogP contribution in [0.15, 0.2) is 23.2 Å². The second-order valence-electron chi connectivity index (χ2n) is 4.65. The zero-order chi connectivity index (χ0) is 14.0. The van der Waals surface area contributed by atoms with E-state index in [0.29, 0.717) is 24.2 Å². The predicted molar refractivity (Wildman–Crippen MR) is 70.6 cm³/mol. The number of aliphatic imine (C=N–C) groups is 1. The number of hydrogen-bond donors (Lipinski definition) is 1. The van der Waals surface area contributed by atoms with Gasteiger partial charge in [0, 0.05) is 11.8 Å². The zero-order valence-electron chi connectivity index (χ0n) is 10.3. The Kier molecular flexibility index (Phi) is 3.89. The fourth-order valence-corrected chi connectivity index (χ4v) is 2.96. The number of nitrogens with zero attached hydrogens (tertiary/aromatic N) is 1. The van der Waals surface area contributed by atoms with Crippen molar-refractivity contribution in [3.8, 4) is 0 Å². The smallest absolute Gasteiger partial charge is 0.332 e. The summed E-state index contributed by atoms with van der Waals surface area (Å²) in [5.41, 5.74) is -0.530. The fourth-order valence-electron chi connectivity index (χ4n) is 1.81. The van der Waals surface area contributed by atoms with Crippen LogP contribution >= 0.6 is 11.8 Å². The molecular formula is C13H13F2NO2S. The molecule has 2 rings (SSSR count). The summed E-state index contributed by atoms with van der Waals surface area (Å²) in [6.07, 6.45) is 0.937. The third kappa shape index (κ3) is 3.32. The lowest BCUT2D eigenvalue weighted by Crippen LogP contribution is -2.33. The van der Waals surface area contributed by atoms with Gasteiger partial charge in [-0.1, -0.05) is 0 Å². The molecule has 19 heavy (non-hydrogen) atoms. The van der Waals surface area contributed by atoms with Gasteiger partial charge in [0.15, 0.2) is 5.54 Å². The molecule has 0 bridgehead atoms. The van der Waals surface area contributed by atoms with Crippen LogP contribution in [0.1, 0.15) is 18.9 Å². The minimum Gasteiger partial charge on any atom is -0.479 e. The molecule has 0 saturated heterocycles. The molecule has 1 atom stereocenters. The molecule has 0 amide bonds. The average Bonchev–Trinajstić information content (AvgIpc) is 2.69. The van der Waals surface area contributed by atoms with Crippen LogP contribution in [0.2, 0.25) is 0 Å². The first-order valence-corrected chi connectivity index (χ1v) is 6.77. The van der Waals surface area contributed by atoms with Crippen LogP contribution in [0, 0.1) is 11.6 Å². The van der Waals surface area contributed by atoms with Gasteiger partial charge >= 0.3 is 5.97 Å². The maximum Gasteiger partial charge on any atom is 0.332 e. The molecule has 0 radical (unpaired) electrons. The maximum atomic E-state index is 13.0. The lowest BCUT2D eigenvalue weighted by Gasteiger charge is -2.11. The fraction of sp³-hybridized carbons (Fsp3) is 0.385. The molecule has 102 valence electrons. The van der Waals surface area contributed by atoms with Gasteiger partial charge in [-0.05, 0) is 37.5 Å². The molecular weight excluding hydrogens is 272 g/mol. The van der Waals surface area contributed by atoms with Gasteiger partial charge in [0.2, 0.25) is 0 Å². The number of aliphatic carboxylic acids is 1. The minimum absolute atomic E-state index is 0.398. The van der Waals surface area contributed by atoms with E-state index in [4.69, 9.17) is 5.11 Å². The number of hydrogen-bond acceptors (Lipinski definition) is 3. The molecule has 1 N–H and O–H groups in total. The van der Waals surface area contributed by atoms with Crippen LogP contribution in [0.5, 0.6) is 0 Å². The Morgan fingerprint density at radius 2 is 2.00 bits per heavy atom. The van der Waals surface area contributed by atoms with Crippen molar-refractivity contribution in [1.29, 1.82) is 0 Å². The van der Waals surface area contributed by atoms with E-state index in [9.17, 15) is 13.6 Å². The van der Waals surface area contributed by atoms with E-state index >= 15 is 0 Å². The molecule has 1 aromatic rings. The Bertz CT molecular complexity index is 527. The molecule has 1 heterocycles. The van der Waals surface area contributed by atoms with E-state index in [1.165, 1.54) is 23.9 Å². The summed E-state index contributed by atoms with van der Waals surface area (Å²) in [5, 5.41) is 9.75. The zero-order valence-corrected chi connectivity index (χ0v) is 11.1. The molecule has 1 aliphatic rings. The van der Waals surface area contributed by atoms with E-state index < -0.39 is 23.1 Å². The monoisotopic (exact) mass is 285 g/mol. The van der Waals surface area contributed by atoms with E-state index in [1.807, 2.05) is 0 Å². The predicted octanol–water partition coefficient (Wildman–Crippen LogP) is 2.89. The van der Waals surface area contributed by atoms with Gasteiger partial charge in [-0.15, -0.1) is 11.8 Å². The van der Waals surface area contributed by atoms with Crippen molar-refractivity contribution in [3.05, 3.63) is 35.4 Å². The SMILES string of the molecule is C[C@@]1(C(=O)O)CSC(CCc2cc(F)cc(F)c2)=N1. The lowest BCUT2D eigenvalue weighted by atomic mass is 10.1. The van der Waals surface area contributed by atoms with Crippen molar-refractivity contribution in [2.75, 3.05) is 5.75 Å². The second kappa shape index (κ2) is 5.28. The summed E-state index contributed by atoms with van der Waals surface area (Å²) in [7, 11) is 0. The highest BCUT2D eigenvalue weighted by Gasteiger charge is 2.37. The summed E-state index contributed by atoms with van der Waals surface area (Å²) >= 11 is 1.39. The molecule has 3 nitrogen and oxygen atoms in total. The van der Waals surface area contributed by atoms with Crippen LogP contribution in [0.3, 0.4) is 0 Å². The Hall–Kier alpha value is -1.43. The second-order valence-corrected chi connectivity index (χ2v) is 5.70. The van der Waals surface area contributed by atoms with Gasteiger partial charge in [-0.25, -0.2) is 13.6 Å². The third-order valence-electron chi connectivity index (χ3n) is 2.90. The van der Waals surface area contributed by atoms with Gasteiger partial charge in [0.05, 0.1) is 5.04 Å². The van der Waals surface area contributed by atoms with Crippen LogP contribution in [0.25, 0.3) is 0 Å². The standard InChI is InChI=1S/C13H13F2NO2S/c1-13(12(17)18)7-19-11(16-13)3-2-8-4-9(14)6-10(15)5-8/h4-6H,2-3,7H2,1H3,(H,17,18)/t13-/m0/s1. The molecule has 0 spiro atoms. The number of thioether (sulfide) groups is 1. The van der Waals surface area contributed by atoms with Crippen LogP contribution in [-0.4, -0.2) is 27.4 Å². The number of carbonyl (C=O) groups is 1. The Morgan fingerprint density at radius 1 is 1.37 bits per heavy atom. The number of rotatable bonds is 4. The summed E-state index contributed by atoms with van der Waals surface area (Å²) in [6, 6.07) is 3.38.